The van der Waals surface area contributed by atoms with Gasteiger partial charge in [0.25, 0.3) is 0 Å². The summed E-state index contributed by atoms with van der Waals surface area (Å²) in [5.74, 6) is -0.555. The number of rotatable bonds is 4. The molecule has 6 nitrogen and oxygen atoms in total. The van der Waals surface area contributed by atoms with Crippen LogP contribution in [0.3, 0.4) is 0 Å². The van der Waals surface area contributed by atoms with Crippen molar-refractivity contribution in [3.05, 3.63) is 47.3 Å². The SMILES string of the molecule is COC(=O)c1c(N)c(C#N)cn1-c1cccc(CN2CCCCC2)c1. The van der Waals surface area contributed by atoms with E-state index in [0.29, 0.717) is 0 Å². The predicted octanol–water partition coefficient (Wildman–Crippen LogP) is 2.70. The van der Waals surface area contributed by atoms with Gasteiger partial charge in [-0.1, -0.05) is 18.6 Å². The maximum Gasteiger partial charge on any atom is 0.357 e. The highest BCUT2D eigenvalue weighted by molar-refractivity contribution is 5.95. The molecule has 1 aromatic carbocycles. The van der Waals surface area contributed by atoms with Gasteiger partial charge in [0.05, 0.1) is 18.4 Å². The Morgan fingerprint density at radius 2 is 2.08 bits per heavy atom. The summed E-state index contributed by atoms with van der Waals surface area (Å²) in [5, 5.41) is 9.23. The van der Waals surface area contributed by atoms with E-state index < -0.39 is 5.97 Å². The molecular weight excluding hydrogens is 316 g/mol. The zero-order valence-electron chi connectivity index (χ0n) is 14.4. The van der Waals surface area contributed by atoms with Crippen LogP contribution >= 0.6 is 0 Å². The van der Waals surface area contributed by atoms with Crippen molar-refractivity contribution < 1.29 is 9.53 Å². The molecule has 3 rings (SSSR count). The molecule has 2 heterocycles. The summed E-state index contributed by atoms with van der Waals surface area (Å²) in [5.41, 5.74) is 8.53. The van der Waals surface area contributed by atoms with Crippen molar-refractivity contribution >= 4 is 11.7 Å². The number of nitriles is 1. The van der Waals surface area contributed by atoms with Gasteiger partial charge in [0.2, 0.25) is 0 Å². The number of hydrogen-bond donors (Lipinski definition) is 1. The first kappa shape index (κ1) is 17.1. The zero-order valence-corrected chi connectivity index (χ0v) is 14.4. The van der Waals surface area contributed by atoms with Gasteiger partial charge in [-0.3, -0.25) is 4.90 Å². The van der Waals surface area contributed by atoms with Crippen LogP contribution in [0.25, 0.3) is 5.69 Å². The van der Waals surface area contributed by atoms with Gasteiger partial charge >= 0.3 is 5.97 Å². The number of esters is 1. The molecule has 1 aliphatic rings. The topological polar surface area (TPSA) is 84.3 Å². The highest BCUT2D eigenvalue weighted by Crippen LogP contribution is 2.25. The van der Waals surface area contributed by atoms with E-state index in [0.717, 1.165) is 25.3 Å². The number of piperidine rings is 1. The van der Waals surface area contributed by atoms with Crippen LogP contribution in [0.1, 0.15) is 40.9 Å². The van der Waals surface area contributed by atoms with E-state index in [9.17, 15) is 10.1 Å². The van der Waals surface area contributed by atoms with Crippen molar-refractivity contribution in [1.29, 1.82) is 5.26 Å². The lowest BCUT2D eigenvalue weighted by atomic mass is 10.1. The van der Waals surface area contributed by atoms with Gasteiger partial charge in [0, 0.05) is 18.4 Å². The molecule has 6 heteroatoms. The molecule has 130 valence electrons. The molecule has 2 aromatic rings. The second-order valence-corrected chi connectivity index (χ2v) is 6.29. The standard InChI is InChI=1S/C19H22N4O2/c1-25-19(24)18-17(21)15(11-20)13-23(18)16-7-5-6-14(10-16)12-22-8-3-2-4-9-22/h5-7,10,13H,2-4,8-9,12,21H2,1H3. The molecule has 1 fully saturated rings. The number of carbonyl (C=O) groups excluding carboxylic acids is 1. The molecule has 0 atom stereocenters. The van der Waals surface area contributed by atoms with Crippen LogP contribution in [-0.2, 0) is 11.3 Å². The minimum atomic E-state index is -0.555. The Morgan fingerprint density at radius 3 is 2.76 bits per heavy atom. The lowest BCUT2D eigenvalue weighted by Gasteiger charge is -2.26. The minimum absolute atomic E-state index is 0.149. The quantitative estimate of drug-likeness (QED) is 0.867. The van der Waals surface area contributed by atoms with Gasteiger partial charge in [-0.2, -0.15) is 5.26 Å². The Kier molecular flexibility index (Phi) is 5.05. The van der Waals surface area contributed by atoms with Crippen LogP contribution in [0.2, 0.25) is 0 Å². The number of benzene rings is 1. The fourth-order valence-corrected chi connectivity index (χ4v) is 3.30. The first-order valence-corrected chi connectivity index (χ1v) is 8.45. The summed E-state index contributed by atoms with van der Waals surface area (Å²) < 4.78 is 6.47. The van der Waals surface area contributed by atoms with Crippen LogP contribution in [-0.4, -0.2) is 35.6 Å². The number of nitrogens with two attached hydrogens (primary N) is 1. The van der Waals surface area contributed by atoms with E-state index in [4.69, 9.17) is 10.5 Å². The van der Waals surface area contributed by atoms with E-state index in [1.54, 1.807) is 10.8 Å². The molecule has 0 amide bonds. The lowest BCUT2D eigenvalue weighted by Crippen LogP contribution is -2.29. The molecule has 2 N–H and O–H groups in total. The second-order valence-electron chi connectivity index (χ2n) is 6.29. The van der Waals surface area contributed by atoms with Crippen LogP contribution in [0.15, 0.2) is 30.5 Å². The van der Waals surface area contributed by atoms with Crippen LogP contribution in [0.5, 0.6) is 0 Å². The number of hydrogen-bond acceptors (Lipinski definition) is 5. The summed E-state index contributed by atoms with van der Waals surface area (Å²) in [6.07, 6.45) is 5.37. The average molecular weight is 338 g/mol. The average Bonchev–Trinajstić information content (AvgIpc) is 2.98. The number of anilines is 1. The fourth-order valence-electron chi connectivity index (χ4n) is 3.30. The summed E-state index contributed by atoms with van der Waals surface area (Å²) in [4.78, 5) is 14.6. The van der Waals surface area contributed by atoms with Crippen LogP contribution in [0, 0.1) is 11.3 Å². The number of ether oxygens (including phenoxy) is 1. The molecule has 0 spiro atoms. The second kappa shape index (κ2) is 7.41. The smallest absolute Gasteiger partial charge is 0.357 e. The molecule has 0 aliphatic carbocycles. The van der Waals surface area contributed by atoms with E-state index in [2.05, 4.69) is 11.0 Å². The molecule has 25 heavy (non-hydrogen) atoms. The largest absolute Gasteiger partial charge is 0.464 e. The van der Waals surface area contributed by atoms with Gasteiger partial charge in [-0.05, 0) is 43.6 Å². The van der Waals surface area contributed by atoms with Gasteiger partial charge in [0.1, 0.15) is 6.07 Å². The molecule has 0 saturated carbocycles. The monoisotopic (exact) mass is 338 g/mol. The van der Waals surface area contributed by atoms with Gasteiger partial charge in [-0.15, -0.1) is 0 Å². The van der Waals surface area contributed by atoms with Gasteiger partial charge < -0.3 is 15.0 Å². The highest BCUT2D eigenvalue weighted by Gasteiger charge is 2.22. The van der Waals surface area contributed by atoms with Crippen LogP contribution in [0.4, 0.5) is 5.69 Å². The van der Waals surface area contributed by atoms with E-state index in [1.807, 2.05) is 24.3 Å². The first-order valence-electron chi connectivity index (χ1n) is 8.45. The van der Waals surface area contributed by atoms with E-state index in [-0.39, 0.29) is 16.9 Å². The number of nitrogens with zero attached hydrogens (tertiary/aromatic N) is 3. The third-order valence-electron chi connectivity index (χ3n) is 4.59. The molecule has 0 radical (unpaired) electrons. The predicted molar refractivity (Wildman–Crippen MR) is 95.4 cm³/mol. The van der Waals surface area contributed by atoms with Crippen molar-refractivity contribution in [2.24, 2.45) is 0 Å². The summed E-state index contributed by atoms with van der Waals surface area (Å²) in [6.45, 7) is 3.11. The third-order valence-corrected chi connectivity index (χ3v) is 4.59. The van der Waals surface area contributed by atoms with Gasteiger partial charge in [-0.25, -0.2) is 4.79 Å². The van der Waals surface area contributed by atoms with E-state index >= 15 is 0 Å². The number of likely N-dealkylation sites (tertiary alicyclic amines) is 1. The summed E-state index contributed by atoms with van der Waals surface area (Å²) in [6, 6.07) is 9.98. The molecule has 1 aliphatic heterocycles. The summed E-state index contributed by atoms with van der Waals surface area (Å²) >= 11 is 0. The number of carbonyl (C=O) groups is 1. The fraction of sp³-hybridized carbons (Fsp3) is 0.368. The number of nitrogen functional groups attached to an aromatic ring is 1. The normalized spacial score (nSPS) is 14.9. The summed E-state index contributed by atoms with van der Waals surface area (Å²) in [7, 11) is 1.30. The van der Waals surface area contributed by atoms with E-state index in [1.165, 1.54) is 31.9 Å². The highest BCUT2D eigenvalue weighted by atomic mass is 16.5. The minimum Gasteiger partial charge on any atom is -0.464 e. The maximum atomic E-state index is 12.1. The Labute approximate surface area is 147 Å². The van der Waals surface area contributed by atoms with Crippen molar-refractivity contribution in [1.82, 2.24) is 9.47 Å². The zero-order chi connectivity index (χ0) is 17.8. The first-order chi connectivity index (χ1) is 12.1. The Hall–Kier alpha value is -2.78. The molecule has 0 bridgehead atoms. The molecule has 0 unspecified atom stereocenters. The molecule has 1 aromatic heterocycles. The van der Waals surface area contributed by atoms with Crippen molar-refractivity contribution in [3.63, 3.8) is 0 Å². The molecule has 1 saturated heterocycles. The Bertz CT molecular complexity index is 813. The Morgan fingerprint density at radius 1 is 1.32 bits per heavy atom. The van der Waals surface area contributed by atoms with Crippen molar-refractivity contribution in [2.45, 2.75) is 25.8 Å². The van der Waals surface area contributed by atoms with Crippen molar-refractivity contribution in [3.8, 4) is 11.8 Å². The van der Waals surface area contributed by atoms with Gasteiger partial charge in [0.15, 0.2) is 5.69 Å². The lowest BCUT2D eigenvalue weighted by molar-refractivity contribution is 0.0593. The number of aromatic nitrogens is 1. The maximum absolute atomic E-state index is 12.1. The Balaban J connectivity index is 1.95. The number of methoxy groups -OCH3 is 1. The molecular formula is C19H22N4O2. The third kappa shape index (κ3) is 3.52. The van der Waals surface area contributed by atoms with Crippen LogP contribution < -0.4 is 5.73 Å². The van der Waals surface area contributed by atoms with Crippen molar-refractivity contribution in [2.75, 3.05) is 25.9 Å².